The van der Waals surface area contributed by atoms with Gasteiger partial charge in [0.1, 0.15) is 12.0 Å². The zero-order chi connectivity index (χ0) is 22.3. The zero-order valence-corrected chi connectivity index (χ0v) is 19.2. The van der Waals surface area contributed by atoms with Gasteiger partial charge in [-0.05, 0) is 47.4 Å². The number of nitrogens with one attached hydrogen (secondary N) is 1. The smallest absolute Gasteiger partial charge is 0.323 e. The topological polar surface area (TPSA) is 50.8 Å². The van der Waals surface area contributed by atoms with Gasteiger partial charge in [-0.1, -0.05) is 55.5 Å². The number of benzene rings is 3. The fourth-order valence-corrected chi connectivity index (χ4v) is 4.91. The predicted octanol–water partition coefficient (Wildman–Crippen LogP) is 6.12. The van der Waals surface area contributed by atoms with Crippen LogP contribution in [0.15, 0.2) is 72.8 Å². The first-order chi connectivity index (χ1) is 15.7. The quantitative estimate of drug-likeness (QED) is 0.473. The molecule has 0 spiro atoms. The number of thioether (sulfide) groups is 1. The molecule has 3 aromatic carbocycles. The summed E-state index contributed by atoms with van der Waals surface area (Å²) < 4.78 is 11.6. The van der Waals surface area contributed by atoms with Gasteiger partial charge in [-0.25, -0.2) is 4.79 Å². The molecule has 5 nitrogen and oxygen atoms in total. The van der Waals surface area contributed by atoms with E-state index in [1.807, 2.05) is 77.7 Å². The van der Waals surface area contributed by atoms with E-state index in [2.05, 4.69) is 12.2 Å². The molecule has 0 bridgehead atoms. The molecule has 0 aromatic heterocycles. The van der Waals surface area contributed by atoms with E-state index in [1.54, 1.807) is 18.9 Å². The van der Waals surface area contributed by atoms with Crippen LogP contribution in [0, 0.1) is 0 Å². The van der Waals surface area contributed by atoms with Gasteiger partial charge < -0.3 is 19.7 Å². The van der Waals surface area contributed by atoms with Crippen molar-refractivity contribution >= 4 is 23.5 Å². The highest BCUT2D eigenvalue weighted by molar-refractivity contribution is 7.99. The van der Waals surface area contributed by atoms with Crippen LogP contribution in [-0.2, 0) is 13.0 Å². The lowest BCUT2D eigenvalue weighted by Gasteiger charge is -2.25. The Morgan fingerprint density at radius 2 is 1.81 bits per heavy atom. The second-order valence-electron chi connectivity index (χ2n) is 7.58. The Bertz CT molecular complexity index is 1040. The van der Waals surface area contributed by atoms with Crippen LogP contribution in [-0.4, -0.2) is 30.3 Å². The van der Waals surface area contributed by atoms with E-state index in [4.69, 9.17) is 9.47 Å². The number of amides is 2. The molecule has 1 N–H and O–H groups in total. The molecule has 1 saturated heterocycles. The van der Waals surface area contributed by atoms with Gasteiger partial charge in [-0.3, -0.25) is 0 Å². The van der Waals surface area contributed by atoms with E-state index in [-0.39, 0.29) is 11.4 Å². The Morgan fingerprint density at radius 3 is 2.53 bits per heavy atom. The van der Waals surface area contributed by atoms with Crippen LogP contribution in [0.25, 0.3) is 0 Å². The highest BCUT2D eigenvalue weighted by Crippen LogP contribution is 2.41. The van der Waals surface area contributed by atoms with Crippen LogP contribution in [0.5, 0.6) is 11.5 Å². The van der Waals surface area contributed by atoms with Crippen molar-refractivity contribution in [3.8, 4) is 11.5 Å². The lowest BCUT2D eigenvalue weighted by Crippen LogP contribution is -2.34. The van der Waals surface area contributed by atoms with E-state index < -0.39 is 0 Å². The normalized spacial score (nSPS) is 15.4. The van der Waals surface area contributed by atoms with Crippen molar-refractivity contribution in [1.29, 1.82) is 0 Å². The van der Waals surface area contributed by atoms with Gasteiger partial charge in [0.25, 0.3) is 0 Å². The Balaban J connectivity index is 1.45. The number of carbonyl (C=O) groups excluding carboxylic acids is 1. The number of anilines is 1. The van der Waals surface area contributed by atoms with Crippen LogP contribution in [0.4, 0.5) is 10.5 Å². The summed E-state index contributed by atoms with van der Waals surface area (Å²) in [6.07, 6.45) is 0.978. The molecular weight excluding hydrogens is 420 g/mol. The molecule has 1 fully saturated rings. The molecule has 1 aliphatic rings. The van der Waals surface area contributed by atoms with Gasteiger partial charge in [-0.2, -0.15) is 0 Å². The fourth-order valence-electron chi connectivity index (χ4n) is 3.67. The summed E-state index contributed by atoms with van der Waals surface area (Å²) >= 11 is 1.75. The largest absolute Gasteiger partial charge is 0.493 e. The van der Waals surface area contributed by atoms with Gasteiger partial charge in [0, 0.05) is 18.0 Å². The van der Waals surface area contributed by atoms with Gasteiger partial charge in [0.15, 0.2) is 11.5 Å². The minimum Gasteiger partial charge on any atom is -0.493 e. The maximum Gasteiger partial charge on any atom is 0.323 e. The van der Waals surface area contributed by atoms with Crippen LogP contribution in [0.3, 0.4) is 0 Å². The third-order valence-corrected chi connectivity index (χ3v) is 6.74. The van der Waals surface area contributed by atoms with E-state index in [0.717, 1.165) is 29.0 Å². The van der Waals surface area contributed by atoms with Crippen molar-refractivity contribution < 1.29 is 14.3 Å². The number of aryl methyl sites for hydroxylation is 1. The summed E-state index contributed by atoms with van der Waals surface area (Å²) in [5, 5.41) is 2.96. The first-order valence-electron chi connectivity index (χ1n) is 10.8. The number of methoxy groups -OCH3 is 1. The second-order valence-corrected chi connectivity index (χ2v) is 8.77. The van der Waals surface area contributed by atoms with Crippen molar-refractivity contribution in [2.75, 3.05) is 24.7 Å². The van der Waals surface area contributed by atoms with Crippen molar-refractivity contribution in [2.45, 2.75) is 25.3 Å². The maximum absolute atomic E-state index is 13.0. The maximum atomic E-state index is 13.0. The summed E-state index contributed by atoms with van der Waals surface area (Å²) in [5.74, 6) is 2.25. The summed E-state index contributed by atoms with van der Waals surface area (Å²) in [6.45, 7) is 3.29. The number of hydrogen-bond donors (Lipinski definition) is 1. The van der Waals surface area contributed by atoms with Crippen LogP contribution in [0.1, 0.15) is 29.0 Å². The molecule has 0 saturated carbocycles. The fraction of sp³-hybridized carbons (Fsp3) is 0.269. The lowest BCUT2D eigenvalue weighted by atomic mass is 10.1. The van der Waals surface area contributed by atoms with Crippen LogP contribution in [0.2, 0.25) is 0 Å². The molecule has 0 radical (unpaired) electrons. The molecule has 2 amide bonds. The van der Waals surface area contributed by atoms with Gasteiger partial charge in [-0.15, -0.1) is 11.8 Å². The van der Waals surface area contributed by atoms with Crippen LogP contribution >= 0.6 is 11.8 Å². The first kappa shape index (κ1) is 22.1. The molecular formula is C26H28N2O3S. The van der Waals surface area contributed by atoms with Crippen molar-refractivity contribution in [1.82, 2.24) is 4.90 Å². The standard InChI is InChI=1S/C26H28N2O3S/c1-3-19-9-12-22(13-10-19)27-26(29)28-15-16-32-25(28)21-11-14-23(24(17-21)30-2)31-18-20-7-5-4-6-8-20/h4-14,17,25H,3,15-16,18H2,1-2H3,(H,27,29). The number of ether oxygens (including phenoxy) is 2. The minimum atomic E-state index is -0.0902. The second kappa shape index (κ2) is 10.5. The molecule has 166 valence electrons. The van der Waals surface area contributed by atoms with Crippen molar-refractivity contribution in [2.24, 2.45) is 0 Å². The first-order valence-corrected chi connectivity index (χ1v) is 11.9. The average Bonchev–Trinajstić information content (AvgIpc) is 3.34. The number of urea groups is 1. The molecule has 4 rings (SSSR count). The highest BCUT2D eigenvalue weighted by atomic mass is 32.2. The monoisotopic (exact) mass is 448 g/mol. The molecule has 1 aliphatic heterocycles. The number of nitrogens with zero attached hydrogens (tertiary/aromatic N) is 1. The Hall–Kier alpha value is -3.12. The number of hydrogen-bond acceptors (Lipinski definition) is 4. The third kappa shape index (κ3) is 5.19. The molecule has 32 heavy (non-hydrogen) atoms. The van der Waals surface area contributed by atoms with E-state index >= 15 is 0 Å². The zero-order valence-electron chi connectivity index (χ0n) is 18.4. The summed E-state index contributed by atoms with van der Waals surface area (Å²) in [5.41, 5.74) is 4.18. The summed E-state index contributed by atoms with van der Waals surface area (Å²) in [4.78, 5) is 14.9. The molecule has 1 heterocycles. The molecule has 6 heteroatoms. The Morgan fingerprint density at radius 1 is 1.03 bits per heavy atom. The molecule has 1 atom stereocenters. The van der Waals surface area contributed by atoms with E-state index in [1.165, 1.54) is 5.56 Å². The van der Waals surface area contributed by atoms with Gasteiger partial charge in [0.05, 0.1) is 7.11 Å². The van der Waals surface area contributed by atoms with E-state index in [9.17, 15) is 4.79 Å². The average molecular weight is 449 g/mol. The van der Waals surface area contributed by atoms with Crippen molar-refractivity contribution in [3.05, 3.63) is 89.5 Å². The van der Waals surface area contributed by atoms with Gasteiger partial charge >= 0.3 is 6.03 Å². The molecule has 3 aromatic rings. The van der Waals surface area contributed by atoms with Crippen LogP contribution < -0.4 is 14.8 Å². The number of rotatable bonds is 7. The molecule has 1 unspecified atom stereocenters. The Kier molecular flexibility index (Phi) is 7.22. The predicted molar refractivity (Wildman–Crippen MR) is 131 cm³/mol. The highest BCUT2D eigenvalue weighted by Gasteiger charge is 2.31. The van der Waals surface area contributed by atoms with Gasteiger partial charge in [0.2, 0.25) is 0 Å². The summed E-state index contributed by atoms with van der Waals surface area (Å²) in [7, 11) is 1.64. The summed E-state index contributed by atoms with van der Waals surface area (Å²) in [6, 6.07) is 23.9. The van der Waals surface area contributed by atoms with E-state index in [0.29, 0.717) is 24.7 Å². The molecule has 0 aliphatic carbocycles. The number of carbonyl (C=O) groups is 1. The third-order valence-electron chi connectivity index (χ3n) is 5.48. The lowest BCUT2D eigenvalue weighted by molar-refractivity contribution is 0.214. The van der Waals surface area contributed by atoms with Crippen molar-refractivity contribution in [3.63, 3.8) is 0 Å². The minimum absolute atomic E-state index is 0.0676. The SMILES string of the molecule is CCc1ccc(NC(=O)N2CCSC2c2ccc(OCc3ccccc3)c(OC)c2)cc1. The Labute approximate surface area is 193 Å².